The molecule has 0 radical (unpaired) electrons. The van der Waals surface area contributed by atoms with Gasteiger partial charge in [-0.05, 0) is 75.0 Å². The Morgan fingerprint density at radius 1 is 1.14 bits per heavy atom. The van der Waals surface area contributed by atoms with E-state index in [1.54, 1.807) is 0 Å². The second kappa shape index (κ2) is 5.95. The van der Waals surface area contributed by atoms with E-state index in [0.717, 1.165) is 17.8 Å². The molecule has 4 nitrogen and oxygen atoms in total. The highest BCUT2D eigenvalue weighted by atomic mass is 35.5. The molecule has 1 amide bonds. The third-order valence-corrected chi connectivity index (χ3v) is 6.79. The number of halogens is 1. The van der Waals surface area contributed by atoms with Gasteiger partial charge in [0.05, 0.1) is 12.1 Å². The Morgan fingerprint density at radius 3 is 2.14 bits per heavy atom. The highest BCUT2D eigenvalue weighted by Gasteiger charge is 2.53. The molecule has 1 heterocycles. The molecule has 22 heavy (non-hydrogen) atoms. The van der Waals surface area contributed by atoms with E-state index in [-0.39, 0.29) is 36.5 Å². The zero-order valence-electron chi connectivity index (χ0n) is 13.4. The Kier molecular flexibility index (Phi) is 4.47. The lowest BCUT2D eigenvalue weighted by atomic mass is 9.48. The molecule has 3 atom stereocenters. The summed E-state index contributed by atoms with van der Waals surface area (Å²) in [5.74, 6) is 2.85. The van der Waals surface area contributed by atoms with Gasteiger partial charge in [0, 0.05) is 12.6 Å². The van der Waals surface area contributed by atoms with Gasteiger partial charge in [-0.1, -0.05) is 0 Å². The second-order valence-electron chi connectivity index (χ2n) is 8.36. The van der Waals surface area contributed by atoms with Gasteiger partial charge < -0.3 is 15.7 Å². The quantitative estimate of drug-likeness (QED) is 0.741. The van der Waals surface area contributed by atoms with Gasteiger partial charge >= 0.3 is 0 Å². The van der Waals surface area contributed by atoms with Crippen molar-refractivity contribution in [2.45, 2.75) is 70.1 Å². The maximum atomic E-state index is 12.4. The third-order valence-electron chi connectivity index (χ3n) is 6.79. The number of carbonyl (C=O) groups excluding carboxylic acids is 1. The fraction of sp³-hybridized carbons (Fsp3) is 0.941. The highest BCUT2D eigenvalue weighted by Crippen LogP contribution is 2.61. The van der Waals surface area contributed by atoms with Crippen molar-refractivity contribution >= 4 is 18.3 Å². The van der Waals surface area contributed by atoms with Gasteiger partial charge in [0.2, 0.25) is 5.91 Å². The number of rotatable bonds is 3. The number of β-amino-alcohol motifs (C(OH)–C–C–N with tert-alkyl or cyclic N) is 1. The number of nitrogens with one attached hydrogen (secondary N) is 2. The molecule has 5 aliphatic rings. The SMILES string of the molecule is CC(NC(=O)C1CC(O)CN1)C12CC3CC(CC(C3)C1)C2.Cl. The molecule has 5 heteroatoms. The lowest BCUT2D eigenvalue weighted by Gasteiger charge is -2.59. The number of hydrogen-bond acceptors (Lipinski definition) is 3. The monoisotopic (exact) mass is 328 g/mol. The first-order chi connectivity index (χ1) is 10.0. The standard InChI is InChI=1S/C17H28N2O2.ClH/c1-10(19-16(21)15-5-14(20)9-18-15)17-6-11-2-12(7-17)4-13(3-11)8-17;/h10-15,18,20H,2-9H2,1H3,(H,19,21);1H. The van der Waals surface area contributed by atoms with Crippen LogP contribution < -0.4 is 10.6 Å². The highest BCUT2D eigenvalue weighted by molar-refractivity contribution is 5.85. The van der Waals surface area contributed by atoms with Crippen LogP contribution in [-0.4, -0.2) is 35.7 Å². The molecule has 4 saturated carbocycles. The molecule has 3 unspecified atom stereocenters. The van der Waals surface area contributed by atoms with Crippen LogP contribution in [-0.2, 0) is 4.79 Å². The van der Waals surface area contributed by atoms with E-state index < -0.39 is 0 Å². The fourth-order valence-electron chi connectivity index (χ4n) is 6.09. The van der Waals surface area contributed by atoms with Crippen LogP contribution in [0, 0.1) is 23.2 Å². The average molecular weight is 329 g/mol. The van der Waals surface area contributed by atoms with Crippen LogP contribution in [0.4, 0.5) is 0 Å². The van der Waals surface area contributed by atoms with Crippen molar-refractivity contribution in [2.75, 3.05) is 6.54 Å². The van der Waals surface area contributed by atoms with Crippen LogP contribution in [0.5, 0.6) is 0 Å². The van der Waals surface area contributed by atoms with Crippen molar-refractivity contribution in [2.24, 2.45) is 23.2 Å². The van der Waals surface area contributed by atoms with E-state index in [4.69, 9.17) is 0 Å². The minimum Gasteiger partial charge on any atom is -0.392 e. The maximum Gasteiger partial charge on any atom is 0.237 e. The minimum atomic E-state index is -0.365. The van der Waals surface area contributed by atoms with Gasteiger partial charge in [-0.3, -0.25) is 4.79 Å². The van der Waals surface area contributed by atoms with Gasteiger partial charge in [0.15, 0.2) is 0 Å². The molecule has 0 aromatic rings. The zero-order chi connectivity index (χ0) is 14.6. The number of aliphatic hydroxyl groups is 1. The molecule has 4 bridgehead atoms. The molecule has 5 rings (SSSR count). The molecule has 5 fully saturated rings. The summed E-state index contributed by atoms with van der Waals surface area (Å²) < 4.78 is 0. The summed E-state index contributed by atoms with van der Waals surface area (Å²) >= 11 is 0. The van der Waals surface area contributed by atoms with Gasteiger partial charge in [-0.25, -0.2) is 0 Å². The molecule has 4 aliphatic carbocycles. The zero-order valence-corrected chi connectivity index (χ0v) is 14.2. The van der Waals surface area contributed by atoms with Crippen LogP contribution in [0.3, 0.4) is 0 Å². The number of aliphatic hydroxyl groups excluding tert-OH is 1. The summed E-state index contributed by atoms with van der Waals surface area (Å²) in [6.45, 7) is 2.76. The Bertz CT molecular complexity index is 407. The maximum absolute atomic E-state index is 12.4. The van der Waals surface area contributed by atoms with Crippen LogP contribution in [0.1, 0.15) is 51.9 Å². The first kappa shape index (κ1) is 16.5. The summed E-state index contributed by atoms with van der Waals surface area (Å²) in [6.07, 6.45) is 8.47. The Balaban J connectivity index is 0.00000144. The fourth-order valence-corrected chi connectivity index (χ4v) is 6.09. The Hall–Kier alpha value is -0.320. The Labute approximate surface area is 139 Å². The number of hydrogen-bond donors (Lipinski definition) is 3. The third kappa shape index (κ3) is 2.78. The molecule has 3 N–H and O–H groups in total. The summed E-state index contributed by atoms with van der Waals surface area (Å²) in [4.78, 5) is 12.4. The number of carbonyl (C=O) groups is 1. The summed E-state index contributed by atoms with van der Waals surface area (Å²) in [6, 6.07) is 0.0781. The van der Waals surface area contributed by atoms with Crippen molar-refractivity contribution in [3.05, 3.63) is 0 Å². The molecule has 1 saturated heterocycles. The van der Waals surface area contributed by atoms with Crippen molar-refractivity contribution in [3.8, 4) is 0 Å². The van der Waals surface area contributed by atoms with E-state index in [9.17, 15) is 9.90 Å². The van der Waals surface area contributed by atoms with Crippen molar-refractivity contribution < 1.29 is 9.90 Å². The van der Waals surface area contributed by atoms with Crippen molar-refractivity contribution in [3.63, 3.8) is 0 Å². The molecular formula is C17H29ClN2O2. The predicted octanol–water partition coefficient (Wildman–Crippen LogP) is 1.85. The first-order valence-electron chi connectivity index (χ1n) is 8.76. The summed E-state index contributed by atoms with van der Waals surface area (Å²) in [7, 11) is 0. The average Bonchev–Trinajstić information content (AvgIpc) is 2.84. The van der Waals surface area contributed by atoms with Crippen molar-refractivity contribution in [1.29, 1.82) is 0 Å². The van der Waals surface area contributed by atoms with Gasteiger partial charge in [-0.15, -0.1) is 12.4 Å². The van der Waals surface area contributed by atoms with Crippen molar-refractivity contribution in [1.82, 2.24) is 10.6 Å². The van der Waals surface area contributed by atoms with Gasteiger partial charge in [0.25, 0.3) is 0 Å². The normalized spacial score (nSPS) is 47.1. The van der Waals surface area contributed by atoms with Gasteiger partial charge in [-0.2, -0.15) is 0 Å². The molecule has 126 valence electrons. The smallest absolute Gasteiger partial charge is 0.237 e. The summed E-state index contributed by atoms with van der Waals surface area (Å²) in [5.41, 5.74) is 0.363. The minimum absolute atomic E-state index is 0. The lowest BCUT2D eigenvalue weighted by molar-refractivity contribution is -0.127. The molecule has 0 spiro atoms. The van der Waals surface area contributed by atoms with E-state index >= 15 is 0 Å². The van der Waals surface area contributed by atoms with Crippen LogP contribution in [0.25, 0.3) is 0 Å². The summed E-state index contributed by atoms with van der Waals surface area (Å²) in [5, 5.41) is 16.0. The van der Waals surface area contributed by atoms with E-state index in [0.29, 0.717) is 18.4 Å². The lowest BCUT2D eigenvalue weighted by Crippen LogP contribution is -2.57. The number of amides is 1. The van der Waals surface area contributed by atoms with Crippen LogP contribution in [0.2, 0.25) is 0 Å². The topological polar surface area (TPSA) is 61.4 Å². The molecule has 0 aromatic carbocycles. The van der Waals surface area contributed by atoms with Gasteiger partial charge in [0.1, 0.15) is 0 Å². The van der Waals surface area contributed by atoms with E-state index in [1.165, 1.54) is 38.5 Å². The van der Waals surface area contributed by atoms with Crippen LogP contribution in [0.15, 0.2) is 0 Å². The molecule has 1 aliphatic heterocycles. The molecular weight excluding hydrogens is 300 g/mol. The predicted molar refractivity (Wildman–Crippen MR) is 87.9 cm³/mol. The second-order valence-corrected chi connectivity index (χ2v) is 8.36. The largest absolute Gasteiger partial charge is 0.392 e. The Morgan fingerprint density at radius 2 is 1.68 bits per heavy atom. The molecule has 0 aromatic heterocycles. The van der Waals surface area contributed by atoms with E-state index in [1.807, 2.05) is 0 Å². The van der Waals surface area contributed by atoms with Crippen LogP contribution >= 0.6 is 12.4 Å². The first-order valence-corrected chi connectivity index (χ1v) is 8.76. The van der Waals surface area contributed by atoms with E-state index in [2.05, 4.69) is 17.6 Å².